The predicted octanol–water partition coefficient (Wildman–Crippen LogP) is 2.65. The Kier molecular flexibility index (Phi) is 6.26. The van der Waals surface area contributed by atoms with Crippen LogP contribution in [0.4, 0.5) is 5.69 Å². The second-order valence-corrected chi connectivity index (χ2v) is 8.05. The van der Waals surface area contributed by atoms with E-state index in [4.69, 9.17) is 4.74 Å². The number of rotatable bonds is 7. The topological polar surface area (TPSA) is 75.7 Å². The monoisotopic (exact) mass is 376 g/mol. The van der Waals surface area contributed by atoms with Gasteiger partial charge >= 0.3 is 0 Å². The molecule has 0 spiro atoms. The molecule has 1 N–H and O–H groups in total. The van der Waals surface area contributed by atoms with E-state index in [1.54, 1.807) is 25.3 Å². The van der Waals surface area contributed by atoms with Crippen LogP contribution < -0.4 is 14.4 Å². The van der Waals surface area contributed by atoms with E-state index in [9.17, 15) is 13.2 Å². The standard InChI is InChI=1S/C19H24N2O4S/c1-14-8-7-9-16(12-14)21(26(4,23)24)13-19(22)20-15(2)17-10-5-6-11-18(17)25-3/h5-12,15H,13H2,1-4H3,(H,20,22). The van der Waals surface area contributed by atoms with E-state index in [1.165, 1.54) is 0 Å². The minimum absolute atomic E-state index is 0.290. The van der Waals surface area contributed by atoms with Crippen LogP contribution in [0.15, 0.2) is 48.5 Å². The highest BCUT2D eigenvalue weighted by molar-refractivity contribution is 7.92. The van der Waals surface area contributed by atoms with E-state index < -0.39 is 15.9 Å². The van der Waals surface area contributed by atoms with Crippen LogP contribution in [0.3, 0.4) is 0 Å². The summed E-state index contributed by atoms with van der Waals surface area (Å²) in [5.74, 6) is 0.272. The Balaban J connectivity index is 2.17. The lowest BCUT2D eigenvalue weighted by atomic mass is 10.1. The smallest absolute Gasteiger partial charge is 0.241 e. The second kappa shape index (κ2) is 8.23. The van der Waals surface area contributed by atoms with Gasteiger partial charge in [-0.3, -0.25) is 9.10 Å². The quantitative estimate of drug-likeness (QED) is 0.806. The molecule has 0 saturated heterocycles. The minimum atomic E-state index is -3.60. The number of methoxy groups -OCH3 is 1. The zero-order valence-corrected chi connectivity index (χ0v) is 16.2. The minimum Gasteiger partial charge on any atom is -0.496 e. The summed E-state index contributed by atoms with van der Waals surface area (Å²) >= 11 is 0. The number of hydrogen-bond acceptors (Lipinski definition) is 4. The van der Waals surface area contributed by atoms with Gasteiger partial charge < -0.3 is 10.1 Å². The molecule has 26 heavy (non-hydrogen) atoms. The molecule has 0 saturated carbocycles. The maximum atomic E-state index is 12.5. The van der Waals surface area contributed by atoms with E-state index in [1.807, 2.05) is 44.2 Å². The molecule has 1 unspecified atom stereocenters. The van der Waals surface area contributed by atoms with Crippen LogP contribution in [0.2, 0.25) is 0 Å². The van der Waals surface area contributed by atoms with Crippen molar-refractivity contribution in [1.82, 2.24) is 5.32 Å². The second-order valence-electron chi connectivity index (χ2n) is 6.14. The van der Waals surface area contributed by atoms with Crippen LogP contribution in [0.1, 0.15) is 24.1 Å². The number of benzene rings is 2. The first-order chi connectivity index (χ1) is 12.2. The number of anilines is 1. The SMILES string of the molecule is COc1ccccc1C(C)NC(=O)CN(c1cccc(C)c1)S(C)(=O)=O. The number of sulfonamides is 1. The molecule has 0 fully saturated rings. The first-order valence-corrected chi connectivity index (χ1v) is 10.0. The van der Waals surface area contributed by atoms with Gasteiger partial charge in [0.05, 0.1) is 25.1 Å². The number of hydrogen-bond donors (Lipinski definition) is 1. The summed E-state index contributed by atoms with van der Waals surface area (Å²) in [7, 11) is -2.03. The summed E-state index contributed by atoms with van der Waals surface area (Å²) < 4.78 is 30.7. The van der Waals surface area contributed by atoms with E-state index in [2.05, 4.69) is 5.32 Å². The number of nitrogens with one attached hydrogen (secondary N) is 1. The molecule has 6 nitrogen and oxygen atoms in total. The molecule has 0 aliphatic heterocycles. The van der Waals surface area contributed by atoms with Gasteiger partial charge in [0.1, 0.15) is 12.3 Å². The Bertz CT molecular complexity index is 881. The Morgan fingerprint density at radius 3 is 2.50 bits per heavy atom. The molecule has 140 valence electrons. The number of para-hydroxylation sites is 1. The maximum absolute atomic E-state index is 12.5. The fraction of sp³-hybridized carbons (Fsp3) is 0.316. The molecule has 7 heteroatoms. The van der Waals surface area contributed by atoms with Crippen LogP contribution in [-0.4, -0.2) is 34.2 Å². The molecular weight excluding hydrogens is 352 g/mol. The molecule has 2 aromatic carbocycles. The molecule has 2 rings (SSSR count). The molecule has 0 radical (unpaired) electrons. The average molecular weight is 376 g/mol. The van der Waals surface area contributed by atoms with Crippen LogP contribution in [0.25, 0.3) is 0 Å². The third-order valence-electron chi connectivity index (χ3n) is 3.96. The fourth-order valence-corrected chi connectivity index (χ4v) is 3.55. The molecule has 0 heterocycles. The van der Waals surface area contributed by atoms with Crippen molar-refractivity contribution in [3.63, 3.8) is 0 Å². The van der Waals surface area contributed by atoms with Crippen LogP contribution >= 0.6 is 0 Å². The lowest BCUT2D eigenvalue weighted by molar-refractivity contribution is -0.120. The van der Waals surface area contributed by atoms with E-state index in [-0.39, 0.29) is 12.6 Å². The summed E-state index contributed by atoms with van der Waals surface area (Å²) in [5.41, 5.74) is 2.20. The number of nitrogens with zero attached hydrogens (tertiary/aromatic N) is 1. The Hall–Kier alpha value is -2.54. The van der Waals surface area contributed by atoms with Gasteiger partial charge in [0.15, 0.2) is 0 Å². The van der Waals surface area contributed by atoms with Gasteiger partial charge in [0, 0.05) is 5.56 Å². The summed E-state index contributed by atoms with van der Waals surface area (Å²) in [6.07, 6.45) is 1.09. The van der Waals surface area contributed by atoms with Crippen molar-refractivity contribution in [3.8, 4) is 5.75 Å². The summed E-state index contributed by atoms with van der Waals surface area (Å²) in [6, 6.07) is 14.1. The molecule has 2 aromatic rings. The van der Waals surface area contributed by atoms with Crippen LogP contribution in [0, 0.1) is 6.92 Å². The first kappa shape index (κ1) is 19.8. The average Bonchev–Trinajstić information content (AvgIpc) is 2.58. The van der Waals surface area contributed by atoms with Crippen LogP contribution in [0.5, 0.6) is 5.75 Å². The van der Waals surface area contributed by atoms with Crippen LogP contribution in [-0.2, 0) is 14.8 Å². The summed E-state index contributed by atoms with van der Waals surface area (Å²) in [5, 5.41) is 2.83. The number of aryl methyl sites for hydroxylation is 1. The number of carbonyl (C=O) groups is 1. The van der Waals surface area contributed by atoms with E-state index in [0.29, 0.717) is 11.4 Å². The van der Waals surface area contributed by atoms with Gasteiger partial charge in [0.2, 0.25) is 15.9 Å². The predicted molar refractivity (Wildman–Crippen MR) is 103 cm³/mol. The van der Waals surface area contributed by atoms with Gasteiger partial charge in [-0.15, -0.1) is 0 Å². The molecular formula is C19H24N2O4S. The van der Waals surface area contributed by atoms with Crippen molar-refractivity contribution in [2.24, 2.45) is 0 Å². The number of amides is 1. The highest BCUT2D eigenvalue weighted by Crippen LogP contribution is 2.24. The van der Waals surface area contributed by atoms with Crippen molar-refractivity contribution in [2.45, 2.75) is 19.9 Å². The Labute approximate surface area is 154 Å². The van der Waals surface area contributed by atoms with Gasteiger partial charge in [-0.25, -0.2) is 8.42 Å². The third-order valence-corrected chi connectivity index (χ3v) is 5.10. The van der Waals surface area contributed by atoms with Gasteiger partial charge in [-0.1, -0.05) is 30.3 Å². The summed E-state index contributed by atoms with van der Waals surface area (Å²) in [6.45, 7) is 3.41. The van der Waals surface area contributed by atoms with E-state index >= 15 is 0 Å². The van der Waals surface area contributed by atoms with Crippen molar-refractivity contribution >= 4 is 21.6 Å². The normalized spacial score (nSPS) is 12.3. The first-order valence-electron chi connectivity index (χ1n) is 8.19. The highest BCUT2D eigenvalue weighted by Gasteiger charge is 2.22. The molecule has 0 bridgehead atoms. The van der Waals surface area contributed by atoms with Crippen molar-refractivity contribution in [3.05, 3.63) is 59.7 Å². The fourth-order valence-electron chi connectivity index (χ4n) is 2.70. The van der Waals surface area contributed by atoms with Crippen molar-refractivity contribution in [1.29, 1.82) is 0 Å². The van der Waals surface area contributed by atoms with E-state index in [0.717, 1.165) is 21.7 Å². The number of carbonyl (C=O) groups excluding carboxylic acids is 1. The molecule has 1 atom stereocenters. The Morgan fingerprint density at radius 2 is 1.88 bits per heavy atom. The molecule has 1 amide bonds. The van der Waals surface area contributed by atoms with Crippen molar-refractivity contribution < 1.29 is 17.9 Å². The molecule has 0 aliphatic carbocycles. The lowest BCUT2D eigenvalue weighted by Gasteiger charge is -2.24. The number of ether oxygens (including phenoxy) is 1. The molecule has 0 aromatic heterocycles. The Morgan fingerprint density at radius 1 is 1.19 bits per heavy atom. The highest BCUT2D eigenvalue weighted by atomic mass is 32.2. The van der Waals surface area contributed by atoms with Gasteiger partial charge in [0.25, 0.3) is 0 Å². The largest absolute Gasteiger partial charge is 0.496 e. The summed E-state index contributed by atoms with van der Waals surface area (Å²) in [4.78, 5) is 12.5. The molecule has 0 aliphatic rings. The van der Waals surface area contributed by atoms with Crippen molar-refractivity contribution in [2.75, 3.05) is 24.2 Å². The zero-order chi connectivity index (χ0) is 19.3. The zero-order valence-electron chi connectivity index (χ0n) is 15.4. The third kappa shape index (κ3) is 4.98. The van der Waals surface area contributed by atoms with Gasteiger partial charge in [-0.2, -0.15) is 0 Å². The van der Waals surface area contributed by atoms with Gasteiger partial charge in [-0.05, 0) is 37.6 Å². The lowest BCUT2D eigenvalue weighted by Crippen LogP contribution is -2.41. The maximum Gasteiger partial charge on any atom is 0.241 e.